The Morgan fingerprint density at radius 3 is 2.65 bits per heavy atom. The molecule has 0 amide bonds. The van der Waals surface area contributed by atoms with Gasteiger partial charge in [0, 0.05) is 29.5 Å². The zero-order valence-electron chi connectivity index (χ0n) is 17.9. The Balaban J connectivity index is 1.40. The van der Waals surface area contributed by atoms with Gasteiger partial charge in [-0.25, -0.2) is 9.97 Å². The number of fused-ring (bicyclic) bond motifs is 1. The minimum Gasteiger partial charge on any atom is -0.493 e. The number of piperidine rings is 1. The number of likely N-dealkylation sites (tertiary alicyclic amines) is 1. The molecule has 2 heterocycles. The summed E-state index contributed by atoms with van der Waals surface area (Å²) in [6.45, 7) is 4.06. The van der Waals surface area contributed by atoms with E-state index in [1.807, 2.05) is 30.3 Å². The van der Waals surface area contributed by atoms with Crippen molar-refractivity contribution in [1.29, 1.82) is 0 Å². The van der Waals surface area contributed by atoms with E-state index in [0.717, 1.165) is 59.7 Å². The van der Waals surface area contributed by atoms with E-state index in [4.69, 9.17) is 9.47 Å². The Bertz CT molecular complexity index is 978. The van der Waals surface area contributed by atoms with E-state index in [1.54, 1.807) is 25.2 Å². The molecule has 0 radical (unpaired) electrons. The second kappa shape index (κ2) is 10.8. The van der Waals surface area contributed by atoms with Crippen molar-refractivity contribution in [3.63, 3.8) is 0 Å². The van der Waals surface area contributed by atoms with Gasteiger partial charge in [-0.3, -0.25) is 0 Å². The number of nitrogens with zero attached hydrogens (tertiary/aromatic N) is 3. The predicted octanol–water partition coefficient (Wildman–Crippen LogP) is 4.26. The molecule has 2 aromatic carbocycles. The fourth-order valence-corrected chi connectivity index (χ4v) is 4.75. The van der Waals surface area contributed by atoms with E-state index in [2.05, 4.69) is 27.0 Å². The Morgan fingerprint density at radius 2 is 1.90 bits per heavy atom. The van der Waals surface area contributed by atoms with Crippen LogP contribution in [0.3, 0.4) is 0 Å². The number of aliphatic hydroxyl groups excluding tert-OH is 1. The van der Waals surface area contributed by atoms with Gasteiger partial charge >= 0.3 is 0 Å². The molecule has 0 atom stereocenters. The molecule has 1 fully saturated rings. The lowest BCUT2D eigenvalue weighted by molar-refractivity contribution is 0.126. The largest absolute Gasteiger partial charge is 0.493 e. The monoisotopic (exact) mass is 439 g/mol. The van der Waals surface area contributed by atoms with Crippen LogP contribution >= 0.6 is 11.8 Å². The van der Waals surface area contributed by atoms with Gasteiger partial charge in [0.15, 0.2) is 11.5 Å². The van der Waals surface area contributed by atoms with Crippen LogP contribution in [0.15, 0.2) is 58.7 Å². The molecule has 0 saturated carbocycles. The number of benzene rings is 2. The summed E-state index contributed by atoms with van der Waals surface area (Å²) in [6.07, 6.45) is 4.71. The van der Waals surface area contributed by atoms with Gasteiger partial charge in [-0.2, -0.15) is 0 Å². The van der Waals surface area contributed by atoms with E-state index in [0.29, 0.717) is 30.6 Å². The lowest BCUT2D eigenvalue weighted by Gasteiger charge is -2.30. The third-order valence-electron chi connectivity index (χ3n) is 5.68. The molecule has 1 N–H and O–H groups in total. The van der Waals surface area contributed by atoms with Crippen LogP contribution in [0.1, 0.15) is 19.3 Å². The molecule has 164 valence electrons. The topological polar surface area (TPSA) is 67.7 Å². The molecule has 1 aliphatic heterocycles. The lowest BCUT2D eigenvalue weighted by atomic mass is 9.98. The van der Waals surface area contributed by atoms with Crippen molar-refractivity contribution in [2.75, 3.05) is 40.0 Å². The summed E-state index contributed by atoms with van der Waals surface area (Å²) in [5.41, 5.74) is 0.843. The van der Waals surface area contributed by atoms with Crippen LogP contribution in [-0.4, -0.2) is 59.9 Å². The Labute approximate surface area is 187 Å². The lowest BCUT2D eigenvalue weighted by Crippen LogP contribution is -2.35. The zero-order valence-corrected chi connectivity index (χ0v) is 18.7. The first-order valence-electron chi connectivity index (χ1n) is 10.8. The van der Waals surface area contributed by atoms with E-state index >= 15 is 0 Å². The van der Waals surface area contributed by atoms with Crippen LogP contribution in [0.2, 0.25) is 0 Å². The molecule has 4 rings (SSSR count). The molecule has 0 unspecified atom stereocenters. The summed E-state index contributed by atoms with van der Waals surface area (Å²) >= 11 is 1.61. The summed E-state index contributed by atoms with van der Waals surface area (Å²) in [4.78, 5) is 12.5. The van der Waals surface area contributed by atoms with Gasteiger partial charge in [-0.1, -0.05) is 30.0 Å². The number of hydrogen-bond acceptors (Lipinski definition) is 7. The standard InChI is InChI=1S/C24H29N3O3S/c1-29-22-14-20-21(25-17-26-24(20)31-19-6-3-2-4-7-19)15-23(22)30-13-5-10-27-11-8-18(16-28)9-12-27/h2-4,6-7,14-15,17-18,28H,5,8-13,16H2,1H3. The smallest absolute Gasteiger partial charge is 0.163 e. The van der Waals surface area contributed by atoms with Crippen LogP contribution < -0.4 is 9.47 Å². The van der Waals surface area contributed by atoms with Crippen LogP contribution in [-0.2, 0) is 0 Å². The zero-order chi connectivity index (χ0) is 21.5. The fourth-order valence-electron chi connectivity index (χ4n) is 3.86. The van der Waals surface area contributed by atoms with Gasteiger partial charge in [0.05, 0.1) is 19.2 Å². The molecule has 0 spiro atoms. The van der Waals surface area contributed by atoms with Crippen LogP contribution in [0.25, 0.3) is 10.9 Å². The van der Waals surface area contributed by atoms with Crippen LogP contribution in [0, 0.1) is 5.92 Å². The molecule has 1 saturated heterocycles. The van der Waals surface area contributed by atoms with Crippen molar-refractivity contribution in [2.45, 2.75) is 29.2 Å². The maximum Gasteiger partial charge on any atom is 0.163 e. The minimum atomic E-state index is 0.313. The van der Waals surface area contributed by atoms with Crippen molar-refractivity contribution in [3.8, 4) is 11.5 Å². The highest BCUT2D eigenvalue weighted by atomic mass is 32.2. The first kappa shape index (κ1) is 21.9. The van der Waals surface area contributed by atoms with Crippen molar-refractivity contribution in [2.24, 2.45) is 5.92 Å². The molecule has 3 aromatic rings. The molecule has 1 aliphatic rings. The van der Waals surface area contributed by atoms with E-state index < -0.39 is 0 Å². The van der Waals surface area contributed by atoms with Crippen molar-refractivity contribution < 1.29 is 14.6 Å². The number of ether oxygens (including phenoxy) is 2. The number of aliphatic hydroxyl groups is 1. The SMILES string of the molecule is COc1cc2c(Sc3ccccc3)ncnc2cc1OCCCN1CCC(CO)CC1. The van der Waals surface area contributed by atoms with E-state index in [-0.39, 0.29) is 0 Å². The number of methoxy groups -OCH3 is 1. The first-order chi connectivity index (χ1) is 15.3. The van der Waals surface area contributed by atoms with Crippen LogP contribution in [0.5, 0.6) is 11.5 Å². The van der Waals surface area contributed by atoms with Gasteiger partial charge < -0.3 is 19.5 Å². The predicted molar refractivity (Wildman–Crippen MR) is 123 cm³/mol. The average Bonchev–Trinajstić information content (AvgIpc) is 2.82. The number of rotatable bonds is 9. The first-order valence-corrected chi connectivity index (χ1v) is 11.6. The third-order valence-corrected chi connectivity index (χ3v) is 6.71. The maximum atomic E-state index is 9.27. The summed E-state index contributed by atoms with van der Waals surface area (Å²) < 4.78 is 11.7. The average molecular weight is 440 g/mol. The number of hydrogen-bond donors (Lipinski definition) is 1. The van der Waals surface area contributed by atoms with Crippen molar-refractivity contribution in [3.05, 3.63) is 48.8 Å². The highest BCUT2D eigenvalue weighted by Crippen LogP contribution is 2.37. The van der Waals surface area contributed by atoms with E-state index in [9.17, 15) is 5.11 Å². The summed E-state index contributed by atoms with van der Waals surface area (Å²) in [7, 11) is 1.66. The van der Waals surface area contributed by atoms with E-state index in [1.165, 1.54) is 0 Å². The molecular formula is C24H29N3O3S. The van der Waals surface area contributed by atoms with Gasteiger partial charge in [-0.15, -0.1) is 0 Å². The molecular weight excluding hydrogens is 410 g/mol. The molecule has 6 nitrogen and oxygen atoms in total. The molecule has 1 aromatic heterocycles. The Hall–Kier alpha value is -2.35. The summed E-state index contributed by atoms with van der Waals surface area (Å²) in [5.74, 6) is 1.88. The van der Waals surface area contributed by atoms with Gasteiger partial charge in [0.1, 0.15) is 11.4 Å². The summed E-state index contributed by atoms with van der Waals surface area (Å²) in [6, 6.07) is 14.1. The van der Waals surface area contributed by atoms with Crippen molar-refractivity contribution >= 4 is 22.7 Å². The fraction of sp³-hybridized carbons (Fsp3) is 0.417. The third kappa shape index (κ3) is 5.67. The van der Waals surface area contributed by atoms with Gasteiger partial charge in [-0.05, 0) is 56.5 Å². The second-order valence-corrected chi connectivity index (χ2v) is 8.85. The minimum absolute atomic E-state index is 0.313. The second-order valence-electron chi connectivity index (χ2n) is 7.78. The van der Waals surface area contributed by atoms with Gasteiger partial charge in [0.2, 0.25) is 0 Å². The quantitative estimate of drug-likeness (QED) is 0.395. The Morgan fingerprint density at radius 1 is 1.10 bits per heavy atom. The van der Waals surface area contributed by atoms with Crippen molar-refractivity contribution in [1.82, 2.24) is 14.9 Å². The molecule has 31 heavy (non-hydrogen) atoms. The highest BCUT2D eigenvalue weighted by Gasteiger charge is 2.18. The highest BCUT2D eigenvalue weighted by molar-refractivity contribution is 7.99. The number of aromatic nitrogens is 2. The summed E-state index contributed by atoms with van der Waals surface area (Å²) in [5, 5.41) is 11.1. The molecule has 0 aliphatic carbocycles. The maximum absolute atomic E-state index is 9.27. The molecule has 7 heteroatoms. The normalized spacial score (nSPS) is 15.3. The van der Waals surface area contributed by atoms with Gasteiger partial charge in [0.25, 0.3) is 0 Å². The molecule has 0 bridgehead atoms. The van der Waals surface area contributed by atoms with Crippen LogP contribution in [0.4, 0.5) is 0 Å². The Kier molecular flexibility index (Phi) is 7.61.